The average molecular weight is 497 g/mol. The molecule has 8 heteroatoms. The maximum absolute atomic E-state index is 12.2. The molecule has 3 rings (SSSR count). The summed E-state index contributed by atoms with van der Waals surface area (Å²) in [4.78, 5) is 48.7. The fraction of sp³-hybridized carbons (Fsp3) is 0.429. The summed E-state index contributed by atoms with van der Waals surface area (Å²) in [7, 11) is 0. The predicted molar refractivity (Wildman–Crippen MR) is 131 cm³/mol. The van der Waals surface area contributed by atoms with E-state index < -0.39 is 46.5 Å². The van der Waals surface area contributed by atoms with Gasteiger partial charge in [0.2, 0.25) is 0 Å². The van der Waals surface area contributed by atoms with E-state index in [4.69, 9.17) is 0 Å². The van der Waals surface area contributed by atoms with Gasteiger partial charge in [0.05, 0.1) is 0 Å². The highest BCUT2D eigenvalue weighted by Crippen LogP contribution is 2.55. The van der Waals surface area contributed by atoms with Gasteiger partial charge in [0.15, 0.2) is 10.8 Å². The molecule has 2 aromatic carbocycles. The van der Waals surface area contributed by atoms with Crippen molar-refractivity contribution in [1.29, 1.82) is 0 Å². The van der Waals surface area contributed by atoms with Crippen LogP contribution in [-0.4, -0.2) is 44.3 Å². The van der Waals surface area contributed by atoms with E-state index in [1.807, 2.05) is 60.7 Å². The molecule has 4 unspecified atom stereocenters. The molecular weight excluding hydrogens is 464 g/mol. The van der Waals surface area contributed by atoms with Crippen LogP contribution in [0.4, 0.5) is 0 Å². The van der Waals surface area contributed by atoms with Gasteiger partial charge in [-0.2, -0.15) is 0 Å². The standard InChI is InChI=1S/C28H32O8/c1-27(23(29)30,24(31)32)15-21-19(17-9-5-3-6-10-17)13-14-20(18-11-7-4-8-12-18)22(21)16-28(2,25(33)34)26(35)36/h3-12,19-22H,13-16H2,1-2H3,(H,29,30)(H,31,32)(H,33,34)(H,35,36). The Morgan fingerprint density at radius 2 is 0.889 bits per heavy atom. The first-order valence-electron chi connectivity index (χ1n) is 11.9. The Hall–Kier alpha value is -3.68. The van der Waals surface area contributed by atoms with Crippen LogP contribution < -0.4 is 0 Å². The number of benzene rings is 2. The molecule has 0 heterocycles. The van der Waals surface area contributed by atoms with Crippen molar-refractivity contribution in [1.82, 2.24) is 0 Å². The van der Waals surface area contributed by atoms with Gasteiger partial charge in [0.1, 0.15) is 0 Å². The Kier molecular flexibility index (Phi) is 7.86. The molecule has 1 fully saturated rings. The smallest absolute Gasteiger partial charge is 0.320 e. The molecule has 0 spiro atoms. The Morgan fingerprint density at radius 3 is 1.14 bits per heavy atom. The van der Waals surface area contributed by atoms with E-state index in [0.717, 1.165) is 25.0 Å². The first kappa shape index (κ1) is 26.9. The third-order valence-electron chi connectivity index (χ3n) is 8.00. The number of hydrogen-bond donors (Lipinski definition) is 4. The molecule has 0 bridgehead atoms. The minimum Gasteiger partial charge on any atom is -0.480 e. The Labute approximate surface area is 209 Å². The number of carboxylic acids is 4. The van der Waals surface area contributed by atoms with Gasteiger partial charge in [-0.3, -0.25) is 19.2 Å². The summed E-state index contributed by atoms with van der Waals surface area (Å²) in [6, 6.07) is 18.6. The molecule has 0 saturated heterocycles. The molecule has 0 amide bonds. The van der Waals surface area contributed by atoms with Crippen LogP contribution in [-0.2, 0) is 19.2 Å². The van der Waals surface area contributed by atoms with Crippen molar-refractivity contribution in [2.75, 3.05) is 0 Å². The molecular formula is C28H32O8. The SMILES string of the molecule is CC(CC1C(c2ccccc2)CCC(c2ccccc2)C1CC(C)(C(=O)O)C(=O)O)(C(=O)O)C(=O)O. The summed E-state index contributed by atoms with van der Waals surface area (Å²) < 4.78 is 0. The minimum absolute atomic E-state index is 0.263. The minimum atomic E-state index is -2.13. The summed E-state index contributed by atoms with van der Waals surface area (Å²) >= 11 is 0. The second kappa shape index (κ2) is 10.5. The highest BCUT2D eigenvalue weighted by molar-refractivity contribution is 5.98. The molecule has 0 aliphatic heterocycles. The quantitative estimate of drug-likeness (QED) is 0.346. The summed E-state index contributed by atoms with van der Waals surface area (Å²) in [5, 5.41) is 39.6. The second-order valence-electron chi connectivity index (χ2n) is 10.2. The third-order valence-corrected chi connectivity index (χ3v) is 8.00. The van der Waals surface area contributed by atoms with E-state index in [1.165, 1.54) is 0 Å². The number of carboxylic acid groups (broad SMARTS) is 4. The third kappa shape index (κ3) is 5.12. The Bertz CT molecular complexity index is 993. The van der Waals surface area contributed by atoms with Crippen LogP contribution in [0.1, 0.15) is 62.5 Å². The van der Waals surface area contributed by atoms with Crippen LogP contribution in [0.15, 0.2) is 60.7 Å². The number of carbonyl (C=O) groups is 4. The lowest BCUT2D eigenvalue weighted by molar-refractivity contribution is -0.169. The van der Waals surface area contributed by atoms with Gasteiger partial charge in [0, 0.05) is 0 Å². The molecule has 4 N–H and O–H groups in total. The lowest BCUT2D eigenvalue weighted by Crippen LogP contribution is -2.46. The van der Waals surface area contributed by atoms with E-state index in [-0.39, 0.29) is 24.7 Å². The fourth-order valence-electron chi connectivity index (χ4n) is 5.67. The Balaban J connectivity index is 2.21. The van der Waals surface area contributed by atoms with Gasteiger partial charge in [-0.15, -0.1) is 0 Å². The van der Waals surface area contributed by atoms with E-state index in [9.17, 15) is 39.6 Å². The van der Waals surface area contributed by atoms with Crippen molar-refractivity contribution in [2.45, 2.75) is 51.4 Å². The van der Waals surface area contributed by atoms with Crippen LogP contribution >= 0.6 is 0 Å². The number of hydrogen-bond acceptors (Lipinski definition) is 4. The molecule has 1 aliphatic carbocycles. The van der Waals surface area contributed by atoms with Crippen LogP contribution in [0.25, 0.3) is 0 Å². The lowest BCUT2D eigenvalue weighted by atomic mass is 9.56. The van der Waals surface area contributed by atoms with Gasteiger partial charge in [0.25, 0.3) is 0 Å². The fourth-order valence-corrected chi connectivity index (χ4v) is 5.67. The molecule has 2 aromatic rings. The summed E-state index contributed by atoms with van der Waals surface area (Å²) in [6.07, 6.45) is 0.717. The maximum Gasteiger partial charge on any atom is 0.320 e. The van der Waals surface area contributed by atoms with E-state index >= 15 is 0 Å². The van der Waals surface area contributed by atoms with Crippen LogP contribution in [0.5, 0.6) is 0 Å². The average Bonchev–Trinajstić information content (AvgIpc) is 2.85. The van der Waals surface area contributed by atoms with Crippen molar-refractivity contribution >= 4 is 23.9 Å². The first-order chi connectivity index (χ1) is 16.9. The van der Waals surface area contributed by atoms with Gasteiger partial charge < -0.3 is 20.4 Å². The second-order valence-corrected chi connectivity index (χ2v) is 10.2. The van der Waals surface area contributed by atoms with E-state index in [0.29, 0.717) is 12.8 Å². The van der Waals surface area contributed by atoms with E-state index in [1.54, 1.807) is 0 Å². The zero-order valence-electron chi connectivity index (χ0n) is 20.3. The topological polar surface area (TPSA) is 149 Å². The largest absolute Gasteiger partial charge is 0.480 e. The zero-order chi connectivity index (χ0) is 26.7. The van der Waals surface area contributed by atoms with Crippen LogP contribution in [0, 0.1) is 22.7 Å². The maximum atomic E-state index is 12.2. The monoisotopic (exact) mass is 496 g/mol. The number of aliphatic carboxylic acids is 4. The van der Waals surface area contributed by atoms with Crippen molar-refractivity contribution in [3.8, 4) is 0 Å². The summed E-state index contributed by atoms with van der Waals surface area (Å²) in [6.45, 7) is 2.33. The van der Waals surface area contributed by atoms with Gasteiger partial charge in [-0.1, -0.05) is 60.7 Å². The highest BCUT2D eigenvalue weighted by Gasteiger charge is 2.53. The molecule has 1 aliphatic rings. The normalized spacial score (nSPS) is 22.5. The summed E-state index contributed by atoms with van der Waals surface area (Å²) in [5.41, 5.74) is -2.47. The van der Waals surface area contributed by atoms with Crippen molar-refractivity contribution < 1.29 is 39.6 Å². The van der Waals surface area contributed by atoms with Crippen molar-refractivity contribution in [3.63, 3.8) is 0 Å². The van der Waals surface area contributed by atoms with Crippen LogP contribution in [0.3, 0.4) is 0 Å². The zero-order valence-corrected chi connectivity index (χ0v) is 20.3. The van der Waals surface area contributed by atoms with E-state index in [2.05, 4.69) is 0 Å². The summed E-state index contributed by atoms with van der Waals surface area (Å²) in [5.74, 6) is -7.66. The van der Waals surface area contributed by atoms with Gasteiger partial charge >= 0.3 is 23.9 Å². The molecule has 1 saturated carbocycles. The van der Waals surface area contributed by atoms with Crippen molar-refractivity contribution in [2.24, 2.45) is 22.7 Å². The van der Waals surface area contributed by atoms with Crippen molar-refractivity contribution in [3.05, 3.63) is 71.8 Å². The molecule has 8 nitrogen and oxygen atoms in total. The lowest BCUT2D eigenvalue weighted by Gasteiger charge is -2.47. The highest BCUT2D eigenvalue weighted by atomic mass is 16.4. The molecule has 36 heavy (non-hydrogen) atoms. The molecule has 0 radical (unpaired) electrons. The molecule has 4 atom stereocenters. The number of rotatable bonds is 10. The Morgan fingerprint density at radius 1 is 0.611 bits per heavy atom. The van der Waals surface area contributed by atoms with Gasteiger partial charge in [-0.25, -0.2) is 0 Å². The molecule has 0 aromatic heterocycles. The predicted octanol–water partition coefficient (Wildman–Crippen LogP) is 4.71. The first-order valence-corrected chi connectivity index (χ1v) is 11.9. The molecule has 192 valence electrons. The van der Waals surface area contributed by atoms with Crippen LogP contribution in [0.2, 0.25) is 0 Å². The van der Waals surface area contributed by atoms with Gasteiger partial charge in [-0.05, 0) is 74.3 Å².